The molecule has 1 aliphatic carbocycles. The number of nitrogens with two attached hydrogens (primary N) is 1. The number of aromatic nitrogens is 1. The molecule has 156 valence electrons. The van der Waals surface area contributed by atoms with E-state index in [4.69, 9.17) is 17.3 Å². The number of carbonyl (C=O) groups is 1. The number of fused-ring (bicyclic) bond motifs is 1. The van der Waals surface area contributed by atoms with E-state index < -0.39 is 28.5 Å². The number of rotatable bonds is 5. The second-order valence-electron chi connectivity index (χ2n) is 7.34. The highest BCUT2D eigenvalue weighted by Gasteiger charge is 2.32. The number of anilines is 1. The average molecular weight is 445 g/mol. The number of hydrogen-bond acceptors (Lipinski definition) is 6. The van der Waals surface area contributed by atoms with E-state index in [-0.39, 0.29) is 46.2 Å². The summed E-state index contributed by atoms with van der Waals surface area (Å²) < 4.78 is 16.6. The van der Waals surface area contributed by atoms with E-state index in [1.165, 1.54) is 6.20 Å². The van der Waals surface area contributed by atoms with Crippen molar-refractivity contribution in [1.29, 1.82) is 0 Å². The quantitative estimate of drug-likeness (QED) is 0.430. The van der Waals surface area contributed by atoms with Crippen LogP contribution in [0.5, 0.6) is 0 Å². The van der Waals surface area contributed by atoms with Crippen LogP contribution in [0.15, 0.2) is 17.1 Å². The van der Waals surface area contributed by atoms with Crippen molar-refractivity contribution in [3.05, 3.63) is 49.0 Å². The maximum absolute atomic E-state index is 14.9. The Morgan fingerprint density at radius 2 is 2.07 bits per heavy atom. The molecular formula is C18H19Cl2FN4O4. The molecule has 0 unspecified atom stereocenters. The van der Waals surface area contributed by atoms with Crippen LogP contribution >= 0.6 is 24.0 Å². The first kappa shape index (κ1) is 21.5. The maximum Gasteiger partial charge on any atom is 0.266 e. The van der Waals surface area contributed by atoms with Crippen molar-refractivity contribution in [2.45, 2.75) is 31.3 Å². The Morgan fingerprint density at radius 3 is 2.62 bits per heavy atom. The number of carbonyl (C=O) groups excluding carboxylic acids is 1. The molecule has 0 radical (unpaired) electrons. The van der Waals surface area contributed by atoms with Crippen LogP contribution in [-0.2, 0) is 0 Å². The maximum atomic E-state index is 14.9. The SMILES string of the molecule is Cl.N[C@H]1CCN(c2c(F)cc3c(=O)c(C(=O)C[N+](=O)[O-])cn(C4CC4)c3c2Cl)C1. The molecule has 1 aromatic carbocycles. The molecule has 1 aromatic heterocycles. The first-order valence-corrected chi connectivity index (χ1v) is 9.38. The van der Waals surface area contributed by atoms with E-state index >= 15 is 0 Å². The standard InChI is InChI=1S/C18H18ClFN4O4.ClH/c19-15-16-11(5-13(20)17(15)22-4-3-9(21)6-22)18(26)12(14(25)8-24(27)28)7-23(16)10-1-2-10;/h5,7,9-10H,1-4,6,8,21H2;1H/t9-;/m0./s1. The van der Waals surface area contributed by atoms with Crippen LogP contribution < -0.4 is 16.1 Å². The topological polar surface area (TPSA) is 111 Å². The summed E-state index contributed by atoms with van der Waals surface area (Å²) in [4.78, 5) is 36.7. The molecule has 2 heterocycles. The van der Waals surface area contributed by atoms with Gasteiger partial charge < -0.3 is 15.2 Å². The summed E-state index contributed by atoms with van der Waals surface area (Å²) in [6, 6.07) is 1.01. The molecule has 11 heteroatoms. The molecule has 4 rings (SSSR count). The fraction of sp³-hybridized carbons (Fsp3) is 0.444. The molecule has 2 N–H and O–H groups in total. The molecule has 2 aliphatic rings. The molecule has 0 bridgehead atoms. The van der Waals surface area contributed by atoms with Crippen LogP contribution in [0.1, 0.15) is 35.7 Å². The van der Waals surface area contributed by atoms with Gasteiger partial charge in [-0.2, -0.15) is 0 Å². The number of nitro groups is 1. The van der Waals surface area contributed by atoms with Crippen molar-refractivity contribution in [1.82, 2.24) is 4.57 Å². The van der Waals surface area contributed by atoms with E-state index in [1.54, 1.807) is 9.47 Å². The summed E-state index contributed by atoms with van der Waals surface area (Å²) >= 11 is 6.56. The normalized spacial score (nSPS) is 18.7. The van der Waals surface area contributed by atoms with Crippen LogP contribution in [-0.4, -0.2) is 40.9 Å². The Balaban J connectivity index is 0.00000240. The van der Waals surface area contributed by atoms with Crippen LogP contribution in [0, 0.1) is 15.9 Å². The Bertz CT molecular complexity index is 1070. The summed E-state index contributed by atoms with van der Waals surface area (Å²) in [5.74, 6) is -1.58. The van der Waals surface area contributed by atoms with Crippen molar-refractivity contribution in [3.8, 4) is 0 Å². The highest BCUT2D eigenvalue weighted by Crippen LogP contribution is 2.42. The second kappa shape index (κ2) is 7.89. The number of benzene rings is 1. The molecule has 1 aliphatic heterocycles. The van der Waals surface area contributed by atoms with Crippen LogP contribution in [0.2, 0.25) is 5.02 Å². The Hall–Kier alpha value is -2.23. The molecule has 2 aromatic rings. The summed E-state index contributed by atoms with van der Waals surface area (Å²) in [7, 11) is 0. The largest absolute Gasteiger partial charge is 0.366 e. The minimum Gasteiger partial charge on any atom is -0.366 e. The highest BCUT2D eigenvalue weighted by molar-refractivity contribution is 6.38. The van der Waals surface area contributed by atoms with Crippen molar-refractivity contribution < 1.29 is 14.1 Å². The molecule has 8 nitrogen and oxygen atoms in total. The van der Waals surface area contributed by atoms with Crippen molar-refractivity contribution in [3.63, 3.8) is 0 Å². The third-order valence-corrected chi connectivity index (χ3v) is 5.60. The lowest BCUT2D eigenvalue weighted by Gasteiger charge is -2.23. The fourth-order valence-electron chi connectivity index (χ4n) is 3.75. The minimum atomic E-state index is -0.995. The third kappa shape index (κ3) is 3.82. The Kier molecular flexibility index (Phi) is 5.84. The van der Waals surface area contributed by atoms with Gasteiger partial charge in [0.15, 0.2) is 0 Å². The fourth-order valence-corrected chi connectivity index (χ4v) is 4.16. The van der Waals surface area contributed by atoms with E-state index in [0.717, 1.165) is 18.9 Å². The molecule has 0 amide bonds. The number of pyridine rings is 1. The van der Waals surface area contributed by atoms with Gasteiger partial charge in [0.2, 0.25) is 11.2 Å². The lowest BCUT2D eigenvalue weighted by Crippen LogP contribution is -2.28. The van der Waals surface area contributed by atoms with Crippen molar-refractivity contribution >= 4 is 46.4 Å². The summed E-state index contributed by atoms with van der Waals surface area (Å²) in [6.07, 6.45) is 3.67. The van der Waals surface area contributed by atoms with E-state index in [9.17, 15) is 24.1 Å². The van der Waals surface area contributed by atoms with Gasteiger partial charge in [0.05, 0.1) is 27.2 Å². The monoisotopic (exact) mass is 444 g/mol. The predicted molar refractivity (Wildman–Crippen MR) is 110 cm³/mol. The Morgan fingerprint density at radius 1 is 1.38 bits per heavy atom. The van der Waals surface area contributed by atoms with Crippen molar-refractivity contribution in [2.75, 3.05) is 24.5 Å². The number of halogens is 3. The van der Waals surface area contributed by atoms with Gasteiger partial charge in [0, 0.05) is 36.3 Å². The second-order valence-corrected chi connectivity index (χ2v) is 7.71. The van der Waals surface area contributed by atoms with Crippen LogP contribution in [0.3, 0.4) is 0 Å². The smallest absolute Gasteiger partial charge is 0.266 e. The number of nitrogens with zero attached hydrogens (tertiary/aromatic N) is 3. The molecule has 1 saturated heterocycles. The van der Waals surface area contributed by atoms with Crippen LogP contribution in [0.25, 0.3) is 10.9 Å². The average Bonchev–Trinajstić information content (AvgIpc) is 3.37. The number of ketones is 1. The molecule has 1 saturated carbocycles. The summed E-state index contributed by atoms with van der Waals surface area (Å²) in [6.45, 7) is 0.0109. The van der Waals surface area contributed by atoms with E-state index in [2.05, 4.69) is 0 Å². The molecule has 2 fully saturated rings. The first-order chi connectivity index (χ1) is 13.3. The van der Waals surface area contributed by atoms with Crippen LogP contribution in [0.4, 0.5) is 10.1 Å². The third-order valence-electron chi connectivity index (χ3n) is 5.24. The minimum absolute atomic E-state index is 0. The molecule has 0 spiro atoms. The highest BCUT2D eigenvalue weighted by atomic mass is 35.5. The van der Waals surface area contributed by atoms with Gasteiger partial charge in [-0.1, -0.05) is 11.6 Å². The van der Waals surface area contributed by atoms with Crippen molar-refractivity contribution in [2.24, 2.45) is 5.73 Å². The Labute approximate surface area is 176 Å². The van der Waals surface area contributed by atoms with E-state index in [1.807, 2.05) is 0 Å². The van der Waals surface area contributed by atoms with Gasteiger partial charge in [-0.05, 0) is 25.3 Å². The predicted octanol–water partition coefficient (Wildman–Crippen LogP) is 2.55. The zero-order valence-corrected chi connectivity index (χ0v) is 16.8. The van der Waals surface area contributed by atoms with Gasteiger partial charge in [-0.15, -0.1) is 12.4 Å². The van der Waals surface area contributed by atoms with Gasteiger partial charge >= 0.3 is 0 Å². The summed E-state index contributed by atoms with van der Waals surface area (Å²) in [5.41, 5.74) is 5.41. The molecule has 29 heavy (non-hydrogen) atoms. The number of hydrogen-bond donors (Lipinski definition) is 1. The van der Waals surface area contributed by atoms with Gasteiger partial charge in [0.25, 0.3) is 6.54 Å². The van der Waals surface area contributed by atoms with E-state index in [0.29, 0.717) is 25.0 Å². The van der Waals surface area contributed by atoms with Gasteiger partial charge in [-0.3, -0.25) is 19.7 Å². The lowest BCUT2D eigenvalue weighted by molar-refractivity contribution is -0.465. The zero-order valence-electron chi connectivity index (χ0n) is 15.3. The molecule has 1 atom stereocenters. The summed E-state index contributed by atoms with van der Waals surface area (Å²) in [5, 5.41) is 10.7. The number of Topliss-reactive ketones (excluding diaryl/α,β-unsaturated/α-hetero) is 1. The zero-order chi connectivity index (χ0) is 20.2. The first-order valence-electron chi connectivity index (χ1n) is 9.00. The lowest BCUT2D eigenvalue weighted by atomic mass is 10.1. The van der Waals surface area contributed by atoms with Gasteiger partial charge in [0.1, 0.15) is 5.82 Å². The molecular weight excluding hydrogens is 426 g/mol. The van der Waals surface area contributed by atoms with Gasteiger partial charge in [-0.25, -0.2) is 4.39 Å².